The van der Waals surface area contributed by atoms with Crippen LogP contribution in [-0.2, 0) is 0 Å². The van der Waals surface area contributed by atoms with Crippen LogP contribution in [0.25, 0.3) is 0 Å². The summed E-state index contributed by atoms with van der Waals surface area (Å²) in [7, 11) is 0. The van der Waals surface area contributed by atoms with Gasteiger partial charge in [-0.3, -0.25) is 0 Å². The quantitative estimate of drug-likeness (QED) is 0.595. The van der Waals surface area contributed by atoms with Gasteiger partial charge in [0, 0.05) is 6.04 Å². The second-order valence-electron chi connectivity index (χ2n) is 5.27. The third kappa shape index (κ3) is 8.66. The summed E-state index contributed by atoms with van der Waals surface area (Å²) < 4.78 is 5.66. The second kappa shape index (κ2) is 10.9. The lowest BCUT2D eigenvalue weighted by atomic mass is 10.0. The summed E-state index contributed by atoms with van der Waals surface area (Å²) in [5.41, 5.74) is 6.10. The number of ether oxygens (including phenoxy) is 1. The number of hydrogen-bond donors (Lipinski definition) is 1. The van der Waals surface area contributed by atoms with Gasteiger partial charge >= 0.3 is 0 Å². The molecule has 0 radical (unpaired) electrons. The Kier molecular flexibility index (Phi) is 9.17. The third-order valence-corrected chi connectivity index (χ3v) is 3.43. The highest BCUT2D eigenvalue weighted by Crippen LogP contribution is 2.11. The Labute approximate surface area is 118 Å². The van der Waals surface area contributed by atoms with Crippen molar-refractivity contribution in [3.8, 4) is 5.75 Å². The molecule has 0 heterocycles. The fraction of sp³-hybridized carbons (Fsp3) is 0.647. The van der Waals surface area contributed by atoms with Crippen LogP contribution in [0.15, 0.2) is 30.3 Å². The highest BCUT2D eigenvalue weighted by molar-refractivity contribution is 5.20. The van der Waals surface area contributed by atoms with E-state index < -0.39 is 0 Å². The van der Waals surface area contributed by atoms with Gasteiger partial charge in [0.05, 0.1) is 6.61 Å². The smallest absolute Gasteiger partial charge is 0.119 e. The van der Waals surface area contributed by atoms with E-state index in [0.29, 0.717) is 0 Å². The zero-order valence-corrected chi connectivity index (χ0v) is 12.3. The Morgan fingerprint density at radius 3 is 2.37 bits per heavy atom. The maximum absolute atomic E-state index is 6.10. The normalized spacial score (nSPS) is 12.3. The van der Waals surface area contributed by atoms with Crippen LogP contribution in [0, 0.1) is 0 Å². The van der Waals surface area contributed by atoms with E-state index in [4.69, 9.17) is 10.5 Å². The molecule has 0 bridgehead atoms. The number of unbranched alkanes of at least 4 members (excludes halogenated alkanes) is 5. The Balaban J connectivity index is 1.94. The third-order valence-electron chi connectivity index (χ3n) is 3.43. The SMILES string of the molecule is CCCCCCCCC(N)CCOc1ccccc1. The Bertz CT molecular complexity index is 299. The minimum absolute atomic E-state index is 0.287. The van der Waals surface area contributed by atoms with E-state index in [2.05, 4.69) is 6.92 Å². The Hall–Kier alpha value is -1.02. The molecular formula is C17H29NO. The summed E-state index contributed by atoms with van der Waals surface area (Å²) in [5.74, 6) is 0.939. The molecule has 0 saturated heterocycles. The zero-order chi connectivity index (χ0) is 13.8. The maximum Gasteiger partial charge on any atom is 0.119 e. The van der Waals surface area contributed by atoms with Crippen LogP contribution in [0.3, 0.4) is 0 Å². The molecule has 0 fully saturated rings. The van der Waals surface area contributed by atoms with Crippen molar-refractivity contribution in [1.82, 2.24) is 0 Å². The van der Waals surface area contributed by atoms with E-state index in [9.17, 15) is 0 Å². The molecule has 0 spiro atoms. The van der Waals surface area contributed by atoms with Gasteiger partial charge in [0.2, 0.25) is 0 Å². The van der Waals surface area contributed by atoms with Gasteiger partial charge in [-0.1, -0.05) is 63.6 Å². The summed E-state index contributed by atoms with van der Waals surface area (Å²) in [6.07, 6.45) is 10.1. The molecule has 1 aromatic rings. The molecule has 1 aromatic carbocycles. The van der Waals surface area contributed by atoms with Crippen molar-refractivity contribution in [2.24, 2.45) is 5.73 Å². The molecular weight excluding hydrogens is 234 g/mol. The van der Waals surface area contributed by atoms with Crippen molar-refractivity contribution in [3.05, 3.63) is 30.3 Å². The number of rotatable bonds is 11. The van der Waals surface area contributed by atoms with Crippen LogP contribution < -0.4 is 10.5 Å². The molecule has 2 N–H and O–H groups in total. The first kappa shape index (κ1) is 16.0. The van der Waals surface area contributed by atoms with Crippen LogP contribution in [0.4, 0.5) is 0 Å². The molecule has 0 aliphatic rings. The maximum atomic E-state index is 6.10. The van der Waals surface area contributed by atoms with E-state index in [0.717, 1.165) is 25.2 Å². The fourth-order valence-electron chi connectivity index (χ4n) is 2.18. The number of benzene rings is 1. The molecule has 108 valence electrons. The van der Waals surface area contributed by atoms with Gasteiger partial charge in [-0.05, 0) is 25.0 Å². The summed E-state index contributed by atoms with van der Waals surface area (Å²) in [6.45, 7) is 2.98. The number of hydrogen-bond acceptors (Lipinski definition) is 2. The second-order valence-corrected chi connectivity index (χ2v) is 5.27. The summed E-state index contributed by atoms with van der Waals surface area (Å²) in [4.78, 5) is 0. The predicted molar refractivity (Wildman–Crippen MR) is 82.5 cm³/mol. The van der Waals surface area contributed by atoms with Crippen LogP contribution in [-0.4, -0.2) is 12.6 Å². The molecule has 0 amide bonds. The van der Waals surface area contributed by atoms with Crippen molar-refractivity contribution in [2.75, 3.05) is 6.61 Å². The largest absolute Gasteiger partial charge is 0.494 e. The van der Waals surface area contributed by atoms with Crippen molar-refractivity contribution in [3.63, 3.8) is 0 Å². The van der Waals surface area contributed by atoms with Gasteiger partial charge in [-0.2, -0.15) is 0 Å². The van der Waals surface area contributed by atoms with Crippen molar-refractivity contribution in [1.29, 1.82) is 0 Å². The molecule has 0 aliphatic heterocycles. The monoisotopic (exact) mass is 263 g/mol. The van der Waals surface area contributed by atoms with Gasteiger partial charge in [-0.15, -0.1) is 0 Å². The van der Waals surface area contributed by atoms with Crippen LogP contribution in [0.1, 0.15) is 58.3 Å². The summed E-state index contributed by atoms with van der Waals surface area (Å²) in [6, 6.07) is 10.2. The van der Waals surface area contributed by atoms with E-state index in [1.165, 1.54) is 38.5 Å². The van der Waals surface area contributed by atoms with E-state index in [-0.39, 0.29) is 6.04 Å². The molecule has 0 aliphatic carbocycles. The zero-order valence-electron chi connectivity index (χ0n) is 12.3. The molecule has 0 aromatic heterocycles. The van der Waals surface area contributed by atoms with Crippen LogP contribution >= 0.6 is 0 Å². The van der Waals surface area contributed by atoms with Gasteiger partial charge in [0.1, 0.15) is 5.75 Å². The Morgan fingerprint density at radius 2 is 1.63 bits per heavy atom. The van der Waals surface area contributed by atoms with E-state index in [1.807, 2.05) is 30.3 Å². The molecule has 19 heavy (non-hydrogen) atoms. The van der Waals surface area contributed by atoms with Crippen molar-refractivity contribution < 1.29 is 4.74 Å². The first-order chi connectivity index (χ1) is 9.33. The number of para-hydroxylation sites is 1. The Morgan fingerprint density at radius 1 is 0.947 bits per heavy atom. The standard InChI is InChI=1S/C17H29NO/c1-2-3-4-5-6-8-11-16(18)14-15-19-17-12-9-7-10-13-17/h7,9-10,12-13,16H,2-6,8,11,14-15,18H2,1H3. The highest BCUT2D eigenvalue weighted by atomic mass is 16.5. The lowest BCUT2D eigenvalue weighted by Crippen LogP contribution is -2.22. The van der Waals surface area contributed by atoms with Crippen LogP contribution in [0.5, 0.6) is 5.75 Å². The van der Waals surface area contributed by atoms with Crippen molar-refractivity contribution in [2.45, 2.75) is 64.3 Å². The van der Waals surface area contributed by atoms with Gasteiger partial charge in [0.25, 0.3) is 0 Å². The molecule has 2 nitrogen and oxygen atoms in total. The average Bonchev–Trinajstić information content (AvgIpc) is 2.44. The van der Waals surface area contributed by atoms with Gasteiger partial charge < -0.3 is 10.5 Å². The van der Waals surface area contributed by atoms with Gasteiger partial charge in [0.15, 0.2) is 0 Å². The summed E-state index contributed by atoms with van der Waals surface area (Å²) in [5, 5.41) is 0. The minimum Gasteiger partial charge on any atom is -0.494 e. The molecule has 2 heteroatoms. The number of nitrogens with two attached hydrogens (primary N) is 1. The van der Waals surface area contributed by atoms with Crippen LogP contribution in [0.2, 0.25) is 0 Å². The molecule has 1 unspecified atom stereocenters. The van der Waals surface area contributed by atoms with Crippen molar-refractivity contribution >= 4 is 0 Å². The topological polar surface area (TPSA) is 35.2 Å². The van der Waals surface area contributed by atoms with Gasteiger partial charge in [-0.25, -0.2) is 0 Å². The first-order valence-electron chi connectivity index (χ1n) is 7.76. The molecule has 0 saturated carbocycles. The lowest BCUT2D eigenvalue weighted by molar-refractivity contribution is 0.293. The average molecular weight is 263 g/mol. The highest BCUT2D eigenvalue weighted by Gasteiger charge is 2.03. The first-order valence-corrected chi connectivity index (χ1v) is 7.76. The lowest BCUT2D eigenvalue weighted by Gasteiger charge is -2.12. The summed E-state index contributed by atoms with van der Waals surface area (Å²) >= 11 is 0. The van der Waals surface area contributed by atoms with E-state index >= 15 is 0 Å². The molecule has 1 rings (SSSR count). The predicted octanol–water partition coefficient (Wildman–Crippen LogP) is 4.53. The minimum atomic E-state index is 0.287. The molecule has 1 atom stereocenters. The van der Waals surface area contributed by atoms with E-state index in [1.54, 1.807) is 0 Å². The fourth-order valence-corrected chi connectivity index (χ4v) is 2.18.